The molecule has 2 bridgehead atoms. The highest BCUT2D eigenvalue weighted by Gasteiger charge is 2.42. The van der Waals surface area contributed by atoms with Gasteiger partial charge in [-0.25, -0.2) is 5.84 Å². The van der Waals surface area contributed by atoms with Crippen LogP contribution in [0.1, 0.15) is 38.5 Å². The van der Waals surface area contributed by atoms with Crippen molar-refractivity contribution in [2.45, 2.75) is 44.6 Å². The highest BCUT2D eigenvalue weighted by molar-refractivity contribution is 5.85. The lowest BCUT2D eigenvalue weighted by atomic mass is 9.88. The van der Waals surface area contributed by atoms with Crippen molar-refractivity contribution >= 4 is 5.84 Å². The minimum Gasteiger partial charge on any atom is -0.312 e. The summed E-state index contributed by atoms with van der Waals surface area (Å²) in [5.41, 5.74) is 2.85. The topological polar surface area (TPSA) is 50.4 Å². The van der Waals surface area contributed by atoms with E-state index in [1.165, 1.54) is 38.5 Å². The molecule has 3 saturated carbocycles. The van der Waals surface area contributed by atoms with Crippen LogP contribution in [-0.4, -0.2) is 11.9 Å². The highest BCUT2D eigenvalue weighted by atomic mass is 15.3. The fraction of sp³-hybridized carbons (Fsp3) is 0.909. The quantitative estimate of drug-likeness (QED) is 0.302. The first kappa shape index (κ1) is 8.72. The predicted octanol–water partition coefficient (Wildman–Crippen LogP) is 1.45. The van der Waals surface area contributed by atoms with E-state index in [1.54, 1.807) is 0 Å². The predicted molar refractivity (Wildman–Crippen MR) is 56.7 cm³/mol. The molecule has 0 aromatic rings. The zero-order valence-electron chi connectivity index (χ0n) is 8.58. The van der Waals surface area contributed by atoms with Crippen molar-refractivity contribution < 1.29 is 0 Å². The van der Waals surface area contributed by atoms with Crippen LogP contribution in [0.25, 0.3) is 0 Å². The Morgan fingerprint density at radius 2 is 2.00 bits per heavy atom. The summed E-state index contributed by atoms with van der Waals surface area (Å²) in [5, 5.41) is 0. The van der Waals surface area contributed by atoms with Crippen molar-refractivity contribution in [1.29, 1.82) is 0 Å². The van der Waals surface area contributed by atoms with E-state index in [0.717, 1.165) is 17.7 Å². The van der Waals surface area contributed by atoms with E-state index in [2.05, 4.69) is 10.4 Å². The number of hydrazine groups is 1. The Morgan fingerprint density at radius 3 is 2.50 bits per heavy atom. The van der Waals surface area contributed by atoms with Gasteiger partial charge in [0.05, 0.1) is 6.04 Å². The Morgan fingerprint density at radius 1 is 1.14 bits per heavy atom. The zero-order chi connectivity index (χ0) is 9.54. The first-order valence-corrected chi connectivity index (χ1v) is 5.91. The average Bonchev–Trinajstić information content (AvgIpc) is 2.77. The molecule has 3 nitrogen and oxygen atoms in total. The molecule has 0 saturated heterocycles. The summed E-state index contributed by atoms with van der Waals surface area (Å²) in [5.74, 6) is 9.21. The molecule has 3 aliphatic rings. The highest BCUT2D eigenvalue weighted by Crippen LogP contribution is 2.48. The van der Waals surface area contributed by atoms with E-state index in [9.17, 15) is 0 Å². The maximum absolute atomic E-state index is 5.58. The number of nitrogens with one attached hydrogen (secondary N) is 1. The van der Waals surface area contributed by atoms with Crippen LogP contribution in [0.4, 0.5) is 0 Å². The standard InChI is InChI=1S/C11H19N3/c12-14-11(13-9-3-4-9)10-6-7-1-2-8(10)5-7/h7-10H,1-6,12H2,(H,13,14). The summed E-state index contributed by atoms with van der Waals surface area (Å²) < 4.78 is 0. The molecule has 3 fully saturated rings. The van der Waals surface area contributed by atoms with E-state index >= 15 is 0 Å². The maximum Gasteiger partial charge on any atom is 0.114 e. The summed E-state index contributed by atoms with van der Waals surface area (Å²) in [6, 6.07) is 0.597. The normalized spacial score (nSPS) is 41.8. The maximum atomic E-state index is 5.58. The number of nitrogens with zero attached hydrogens (tertiary/aromatic N) is 1. The van der Waals surface area contributed by atoms with Crippen molar-refractivity contribution in [3.8, 4) is 0 Å². The summed E-state index contributed by atoms with van der Waals surface area (Å²) in [4.78, 5) is 4.69. The summed E-state index contributed by atoms with van der Waals surface area (Å²) >= 11 is 0. The number of rotatable bonds is 2. The SMILES string of the molecule is NNC(=NC1CC1)C1CC2CCC1C2. The molecule has 0 aromatic heterocycles. The van der Waals surface area contributed by atoms with Gasteiger partial charge in [-0.1, -0.05) is 6.42 Å². The van der Waals surface area contributed by atoms with Crippen molar-refractivity contribution in [2.24, 2.45) is 28.6 Å². The Hall–Kier alpha value is -0.570. The first-order chi connectivity index (χ1) is 6.86. The number of hydrogen-bond acceptors (Lipinski definition) is 2. The monoisotopic (exact) mass is 193 g/mol. The van der Waals surface area contributed by atoms with Gasteiger partial charge in [-0.3, -0.25) is 4.99 Å². The Bertz CT molecular complexity index is 257. The van der Waals surface area contributed by atoms with Gasteiger partial charge in [0, 0.05) is 5.92 Å². The van der Waals surface area contributed by atoms with Crippen LogP contribution in [0.2, 0.25) is 0 Å². The van der Waals surface area contributed by atoms with Gasteiger partial charge in [0.1, 0.15) is 5.84 Å². The molecule has 78 valence electrons. The summed E-state index contributed by atoms with van der Waals surface area (Å²) in [6.45, 7) is 0. The van der Waals surface area contributed by atoms with Gasteiger partial charge in [-0.2, -0.15) is 0 Å². The Labute approximate surface area is 85.1 Å². The Kier molecular flexibility index (Phi) is 2.01. The lowest BCUT2D eigenvalue weighted by molar-refractivity contribution is 0.407. The van der Waals surface area contributed by atoms with E-state index in [4.69, 9.17) is 5.84 Å². The molecule has 3 N–H and O–H groups in total. The fourth-order valence-corrected chi connectivity index (χ4v) is 3.22. The molecule has 3 heteroatoms. The third kappa shape index (κ3) is 1.44. The van der Waals surface area contributed by atoms with Gasteiger partial charge in [0.15, 0.2) is 0 Å². The average molecular weight is 193 g/mol. The first-order valence-electron chi connectivity index (χ1n) is 5.91. The van der Waals surface area contributed by atoms with Gasteiger partial charge in [-0.15, -0.1) is 0 Å². The molecule has 0 amide bonds. The van der Waals surface area contributed by atoms with E-state index in [1.807, 2.05) is 0 Å². The number of hydrogen-bond donors (Lipinski definition) is 2. The van der Waals surface area contributed by atoms with Crippen LogP contribution in [0, 0.1) is 17.8 Å². The summed E-state index contributed by atoms with van der Waals surface area (Å²) in [7, 11) is 0. The van der Waals surface area contributed by atoms with Crippen LogP contribution in [-0.2, 0) is 0 Å². The molecule has 3 atom stereocenters. The molecule has 0 radical (unpaired) electrons. The smallest absolute Gasteiger partial charge is 0.114 e. The fourth-order valence-electron chi connectivity index (χ4n) is 3.22. The van der Waals surface area contributed by atoms with Gasteiger partial charge in [0.2, 0.25) is 0 Å². The number of amidine groups is 1. The van der Waals surface area contributed by atoms with Gasteiger partial charge >= 0.3 is 0 Å². The van der Waals surface area contributed by atoms with E-state index in [-0.39, 0.29) is 0 Å². The lowest BCUT2D eigenvalue weighted by Gasteiger charge is -2.23. The van der Waals surface area contributed by atoms with Crippen LogP contribution < -0.4 is 11.3 Å². The molecule has 0 spiro atoms. The second-order valence-corrected chi connectivity index (χ2v) is 5.17. The zero-order valence-corrected chi connectivity index (χ0v) is 8.58. The number of fused-ring (bicyclic) bond motifs is 2. The van der Waals surface area contributed by atoms with Crippen LogP contribution in [0.3, 0.4) is 0 Å². The van der Waals surface area contributed by atoms with Crippen LogP contribution in [0.5, 0.6) is 0 Å². The molecular formula is C11H19N3. The van der Waals surface area contributed by atoms with Crippen molar-refractivity contribution in [3.05, 3.63) is 0 Å². The lowest BCUT2D eigenvalue weighted by Crippen LogP contribution is -2.38. The molecule has 3 unspecified atom stereocenters. The second kappa shape index (κ2) is 3.23. The van der Waals surface area contributed by atoms with E-state index < -0.39 is 0 Å². The Balaban J connectivity index is 1.73. The molecule has 3 aliphatic carbocycles. The molecule has 14 heavy (non-hydrogen) atoms. The minimum atomic E-state index is 0.597. The van der Waals surface area contributed by atoms with Crippen LogP contribution in [0.15, 0.2) is 4.99 Å². The van der Waals surface area contributed by atoms with Crippen molar-refractivity contribution in [3.63, 3.8) is 0 Å². The van der Waals surface area contributed by atoms with Gasteiger partial charge < -0.3 is 5.43 Å². The third-order valence-corrected chi connectivity index (χ3v) is 4.11. The van der Waals surface area contributed by atoms with Crippen molar-refractivity contribution in [2.75, 3.05) is 0 Å². The van der Waals surface area contributed by atoms with Crippen molar-refractivity contribution in [1.82, 2.24) is 5.43 Å². The minimum absolute atomic E-state index is 0.597. The molecule has 0 aliphatic heterocycles. The van der Waals surface area contributed by atoms with E-state index in [0.29, 0.717) is 12.0 Å². The molecular weight excluding hydrogens is 174 g/mol. The number of nitrogens with two attached hydrogens (primary N) is 1. The largest absolute Gasteiger partial charge is 0.312 e. The summed E-state index contributed by atoms with van der Waals surface area (Å²) in [6.07, 6.45) is 8.15. The molecule has 0 aromatic carbocycles. The number of aliphatic imine (C=N–C) groups is 1. The van der Waals surface area contributed by atoms with Gasteiger partial charge in [-0.05, 0) is 43.9 Å². The van der Waals surface area contributed by atoms with Gasteiger partial charge in [0.25, 0.3) is 0 Å². The van der Waals surface area contributed by atoms with Crippen LogP contribution >= 0.6 is 0 Å². The second-order valence-electron chi connectivity index (χ2n) is 5.17. The molecule has 0 heterocycles. The third-order valence-electron chi connectivity index (χ3n) is 4.11. The molecule has 3 rings (SSSR count).